The molecule has 5 nitrogen and oxygen atoms in total. The smallest absolute Gasteiger partial charge is 0.250 e. The lowest BCUT2D eigenvalue weighted by atomic mass is 9.84. The van der Waals surface area contributed by atoms with Gasteiger partial charge >= 0.3 is 0 Å². The van der Waals surface area contributed by atoms with Gasteiger partial charge in [-0.3, -0.25) is 4.79 Å². The molecule has 3 aromatic rings. The first-order chi connectivity index (χ1) is 13.4. The summed E-state index contributed by atoms with van der Waals surface area (Å²) in [6, 6.07) is 12.9. The Hall–Kier alpha value is -2.99. The number of aryl methyl sites for hydroxylation is 1. The molecule has 7 heteroatoms. The molecule has 0 saturated heterocycles. The van der Waals surface area contributed by atoms with Crippen molar-refractivity contribution in [2.45, 2.75) is 18.4 Å². The van der Waals surface area contributed by atoms with Gasteiger partial charge in [-0.05, 0) is 53.4 Å². The van der Waals surface area contributed by atoms with Crippen molar-refractivity contribution in [3.05, 3.63) is 104 Å². The van der Waals surface area contributed by atoms with Gasteiger partial charge in [-0.1, -0.05) is 35.0 Å². The molecule has 0 fully saturated rings. The number of halogens is 2. The van der Waals surface area contributed by atoms with Gasteiger partial charge < -0.3 is 9.67 Å². The van der Waals surface area contributed by atoms with E-state index in [-0.39, 0.29) is 22.8 Å². The van der Waals surface area contributed by atoms with E-state index in [1.807, 2.05) is 0 Å². The SMILES string of the molecule is Cn1cc(C(CC(c2ccc(O)cc2)c2ccc(Cl)cc2F)N=O)ccc1=O. The molecule has 2 unspecified atom stereocenters. The zero-order valence-electron chi connectivity index (χ0n) is 15.0. The topological polar surface area (TPSA) is 71.7 Å². The van der Waals surface area contributed by atoms with Gasteiger partial charge in [0.15, 0.2) is 0 Å². The predicted molar refractivity (Wildman–Crippen MR) is 106 cm³/mol. The van der Waals surface area contributed by atoms with Crippen molar-refractivity contribution in [3.63, 3.8) is 0 Å². The van der Waals surface area contributed by atoms with Crippen LogP contribution in [0.25, 0.3) is 0 Å². The second kappa shape index (κ2) is 8.35. The average molecular weight is 401 g/mol. The molecule has 1 N–H and O–H groups in total. The van der Waals surface area contributed by atoms with Gasteiger partial charge in [0.1, 0.15) is 17.6 Å². The van der Waals surface area contributed by atoms with Crippen LogP contribution in [0.3, 0.4) is 0 Å². The van der Waals surface area contributed by atoms with E-state index in [1.165, 1.54) is 28.8 Å². The molecular formula is C21H18ClFN2O3. The standard InChI is InChI=1S/C21H18ClFN2O3/c1-25-12-14(4-9-21(25)27)20(24-28)11-18(13-2-6-16(26)7-3-13)17-8-5-15(22)10-19(17)23/h2-10,12,18,20,26H,11H2,1H3. The molecule has 0 aliphatic heterocycles. The van der Waals surface area contributed by atoms with Crippen LogP contribution < -0.4 is 5.56 Å². The van der Waals surface area contributed by atoms with Crippen LogP contribution in [-0.4, -0.2) is 9.67 Å². The monoisotopic (exact) mass is 400 g/mol. The lowest BCUT2D eigenvalue weighted by Gasteiger charge is -2.22. The maximum atomic E-state index is 14.7. The minimum atomic E-state index is -0.791. The number of benzene rings is 2. The Bertz CT molecular complexity index is 1050. The summed E-state index contributed by atoms with van der Waals surface area (Å²) >= 11 is 5.88. The van der Waals surface area contributed by atoms with Crippen molar-refractivity contribution >= 4 is 11.6 Å². The minimum absolute atomic E-state index is 0.0854. The molecule has 0 saturated carbocycles. The summed E-state index contributed by atoms with van der Waals surface area (Å²) in [5.74, 6) is -0.907. The number of phenols is 1. The molecule has 144 valence electrons. The van der Waals surface area contributed by atoms with Gasteiger partial charge in [-0.15, -0.1) is 0 Å². The van der Waals surface area contributed by atoms with Crippen LogP contribution >= 0.6 is 11.6 Å². The highest BCUT2D eigenvalue weighted by Gasteiger charge is 2.25. The summed E-state index contributed by atoms with van der Waals surface area (Å²) in [5, 5.41) is 13.1. The fraction of sp³-hybridized carbons (Fsp3) is 0.190. The largest absolute Gasteiger partial charge is 0.508 e. The summed E-state index contributed by atoms with van der Waals surface area (Å²) in [5.41, 5.74) is 1.45. The van der Waals surface area contributed by atoms with Gasteiger partial charge in [0.05, 0.1) is 0 Å². The number of hydrogen-bond acceptors (Lipinski definition) is 4. The first kappa shape index (κ1) is 19.8. The summed E-state index contributed by atoms with van der Waals surface area (Å²) in [6.45, 7) is 0. The third kappa shape index (κ3) is 4.28. The molecule has 1 aromatic heterocycles. The molecule has 2 aromatic carbocycles. The second-order valence-electron chi connectivity index (χ2n) is 6.58. The van der Waals surface area contributed by atoms with Gasteiger partial charge in [0.25, 0.3) is 0 Å². The zero-order chi connectivity index (χ0) is 20.3. The Morgan fingerprint density at radius 3 is 2.39 bits per heavy atom. The summed E-state index contributed by atoms with van der Waals surface area (Å²) < 4.78 is 16.0. The highest BCUT2D eigenvalue weighted by molar-refractivity contribution is 6.30. The molecular weight excluding hydrogens is 383 g/mol. The predicted octanol–water partition coefficient (Wildman–Crippen LogP) is 4.91. The molecule has 0 bridgehead atoms. The number of aromatic hydroxyl groups is 1. The van der Waals surface area contributed by atoms with Crippen molar-refractivity contribution in [2.75, 3.05) is 0 Å². The second-order valence-corrected chi connectivity index (χ2v) is 7.01. The lowest BCUT2D eigenvalue weighted by molar-refractivity contribution is 0.474. The van der Waals surface area contributed by atoms with E-state index in [4.69, 9.17) is 11.6 Å². The van der Waals surface area contributed by atoms with Gasteiger partial charge in [0.2, 0.25) is 5.56 Å². The molecule has 3 rings (SSSR count). The molecule has 0 aliphatic rings. The lowest BCUT2D eigenvalue weighted by Crippen LogP contribution is -2.16. The number of hydrogen-bond donors (Lipinski definition) is 1. The van der Waals surface area contributed by atoms with Crippen LogP contribution in [0, 0.1) is 10.7 Å². The number of aromatic nitrogens is 1. The van der Waals surface area contributed by atoms with E-state index in [9.17, 15) is 19.2 Å². The molecule has 28 heavy (non-hydrogen) atoms. The van der Waals surface area contributed by atoms with E-state index in [0.29, 0.717) is 11.1 Å². The third-order valence-electron chi connectivity index (χ3n) is 4.71. The molecule has 0 amide bonds. The van der Waals surface area contributed by atoms with Crippen LogP contribution in [0.2, 0.25) is 5.02 Å². The Kier molecular flexibility index (Phi) is 5.90. The maximum absolute atomic E-state index is 14.7. The van der Waals surface area contributed by atoms with E-state index in [0.717, 1.165) is 5.56 Å². The Morgan fingerprint density at radius 1 is 1.11 bits per heavy atom. The summed E-state index contributed by atoms with van der Waals surface area (Å²) in [7, 11) is 1.59. The average Bonchev–Trinajstić information content (AvgIpc) is 2.67. The maximum Gasteiger partial charge on any atom is 0.250 e. The van der Waals surface area contributed by atoms with Gasteiger partial charge in [0, 0.05) is 30.3 Å². The number of pyridine rings is 1. The van der Waals surface area contributed by atoms with E-state index in [2.05, 4.69) is 5.18 Å². The van der Waals surface area contributed by atoms with E-state index < -0.39 is 17.8 Å². The van der Waals surface area contributed by atoms with Crippen LogP contribution in [0.4, 0.5) is 4.39 Å². The van der Waals surface area contributed by atoms with Crippen LogP contribution in [0.5, 0.6) is 5.75 Å². The van der Waals surface area contributed by atoms with Crippen molar-refractivity contribution < 1.29 is 9.50 Å². The van der Waals surface area contributed by atoms with Gasteiger partial charge in [-0.25, -0.2) is 4.39 Å². The summed E-state index contributed by atoms with van der Waals surface area (Å²) in [6.07, 6.45) is 1.74. The number of phenolic OH excluding ortho intramolecular Hbond substituents is 1. The fourth-order valence-electron chi connectivity index (χ4n) is 3.21. The Morgan fingerprint density at radius 2 is 1.79 bits per heavy atom. The normalized spacial score (nSPS) is 13.1. The molecule has 0 aliphatic carbocycles. The van der Waals surface area contributed by atoms with E-state index in [1.54, 1.807) is 43.6 Å². The fourth-order valence-corrected chi connectivity index (χ4v) is 3.37. The zero-order valence-corrected chi connectivity index (χ0v) is 15.8. The number of nitroso groups, excluding NO2 is 1. The van der Waals surface area contributed by atoms with Crippen molar-refractivity contribution in [1.29, 1.82) is 0 Å². The Balaban J connectivity index is 2.04. The molecule has 2 atom stereocenters. The highest BCUT2D eigenvalue weighted by Crippen LogP contribution is 2.37. The number of nitrogens with zero attached hydrogens (tertiary/aromatic N) is 2. The quantitative estimate of drug-likeness (QED) is 0.597. The first-order valence-electron chi connectivity index (χ1n) is 8.62. The van der Waals surface area contributed by atoms with E-state index >= 15 is 0 Å². The van der Waals surface area contributed by atoms with Gasteiger partial charge in [-0.2, -0.15) is 4.91 Å². The summed E-state index contributed by atoms with van der Waals surface area (Å²) in [4.78, 5) is 23.2. The highest BCUT2D eigenvalue weighted by atomic mass is 35.5. The molecule has 0 radical (unpaired) electrons. The molecule has 1 heterocycles. The van der Waals surface area contributed by atoms with Crippen molar-refractivity contribution in [3.8, 4) is 5.75 Å². The van der Waals surface area contributed by atoms with Crippen LogP contribution in [0.1, 0.15) is 35.1 Å². The third-order valence-corrected chi connectivity index (χ3v) is 4.95. The van der Waals surface area contributed by atoms with Crippen molar-refractivity contribution in [2.24, 2.45) is 12.2 Å². The van der Waals surface area contributed by atoms with Crippen molar-refractivity contribution in [1.82, 2.24) is 4.57 Å². The molecule has 0 spiro atoms. The number of rotatable bonds is 6. The van der Waals surface area contributed by atoms with Crippen LogP contribution in [-0.2, 0) is 7.05 Å². The first-order valence-corrected chi connectivity index (χ1v) is 8.99. The minimum Gasteiger partial charge on any atom is -0.508 e. The Labute approximate surface area is 166 Å². The van der Waals surface area contributed by atoms with Crippen LogP contribution in [0.15, 0.2) is 70.8 Å².